The van der Waals surface area contributed by atoms with E-state index in [1.54, 1.807) is 10.7 Å². The lowest BCUT2D eigenvalue weighted by atomic mass is 10.2. The van der Waals surface area contributed by atoms with Crippen molar-refractivity contribution in [1.82, 2.24) is 14.7 Å². The summed E-state index contributed by atoms with van der Waals surface area (Å²) < 4.78 is 1.75. The van der Waals surface area contributed by atoms with Crippen molar-refractivity contribution in [3.8, 4) is 0 Å². The van der Waals surface area contributed by atoms with E-state index in [0.29, 0.717) is 24.4 Å². The first-order valence-electron chi connectivity index (χ1n) is 7.84. The second kappa shape index (κ2) is 5.91. The van der Waals surface area contributed by atoms with E-state index in [-0.39, 0.29) is 17.4 Å². The molecule has 0 aliphatic heterocycles. The van der Waals surface area contributed by atoms with Gasteiger partial charge >= 0.3 is 0 Å². The first-order chi connectivity index (χ1) is 10.6. The molecule has 0 unspecified atom stereocenters. The topological polar surface area (TPSA) is 55.2 Å². The molecule has 0 N–H and O–H groups in total. The van der Waals surface area contributed by atoms with E-state index >= 15 is 0 Å². The fraction of sp³-hybridized carbons (Fsp3) is 0.471. The summed E-state index contributed by atoms with van der Waals surface area (Å²) in [5.74, 6) is 0.169. The van der Waals surface area contributed by atoms with Gasteiger partial charge < -0.3 is 4.90 Å². The maximum Gasteiger partial charge on any atom is 0.224 e. The van der Waals surface area contributed by atoms with Gasteiger partial charge in [0, 0.05) is 23.9 Å². The molecule has 22 heavy (non-hydrogen) atoms. The van der Waals surface area contributed by atoms with Crippen molar-refractivity contribution in [2.45, 2.75) is 51.7 Å². The van der Waals surface area contributed by atoms with Crippen molar-refractivity contribution in [1.29, 1.82) is 0 Å². The van der Waals surface area contributed by atoms with E-state index < -0.39 is 0 Å². The number of amides is 1. The quantitative estimate of drug-likeness (QED) is 0.850. The molecule has 0 saturated heterocycles. The third-order valence-electron chi connectivity index (χ3n) is 4.08. The van der Waals surface area contributed by atoms with Gasteiger partial charge in [-0.05, 0) is 38.8 Å². The predicted octanol–water partition coefficient (Wildman–Crippen LogP) is 2.19. The van der Waals surface area contributed by atoms with E-state index in [0.717, 1.165) is 18.4 Å². The molecular weight excluding hydrogens is 278 g/mol. The Morgan fingerprint density at radius 3 is 2.77 bits per heavy atom. The van der Waals surface area contributed by atoms with E-state index in [1.165, 1.54) is 6.20 Å². The summed E-state index contributed by atoms with van der Waals surface area (Å²) in [6.45, 7) is 4.61. The Morgan fingerprint density at radius 1 is 1.36 bits per heavy atom. The van der Waals surface area contributed by atoms with Gasteiger partial charge in [-0.15, -0.1) is 0 Å². The van der Waals surface area contributed by atoms with Crippen LogP contribution in [0.4, 0.5) is 0 Å². The van der Waals surface area contributed by atoms with Gasteiger partial charge in [0.05, 0.1) is 18.3 Å². The number of nitrogens with zero attached hydrogens (tertiary/aromatic N) is 3. The van der Waals surface area contributed by atoms with Crippen LogP contribution in [-0.2, 0) is 11.3 Å². The molecule has 1 saturated carbocycles. The number of fused-ring (bicyclic) bond motifs is 1. The van der Waals surface area contributed by atoms with Crippen molar-refractivity contribution in [2.75, 3.05) is 0 Å². The molecule has 5 nitrogen and oxygen atoms in total. The number of para-hydroxylation sites is 1. The highest BCUT2D eigenvalue weighted by Gasteiger charge is 2.33. The summed E-state index contributed by atoms with van der Waals surface area (Å²) in [4.78, 5) is 26.3. The van der Waals surface area contributed by atoms with Crippen molar-refractivity contribution >= 4 is 16.8 Å². The van der Waals surface area contributed by atoms with Gasteiger partial charge in [0.1, 0.15) is 0 Å². The van der Waals surface area contributed by atoms with Crippen LogP contribution in [-0.4, -0.2) is 32.7 Å². The van der Waals surface area contributed by atoms with Crippen LogP contribution in [0.5, 0.6) is 0 Å². The van der Waals surface area contributed by atoms with Crippen LogP contribution in [0.25, 0.3) is 10.9 Å². The zero-order chi connectivity index (χ0) is 15.7. The normalized spacial score (nSPS) is 14.5. The van der Waals surface area contributed by atoms with Crippen molar-refractivity contribution in [2.24, 2.45) is 0 Å². The first kappa shape index (κ1) is 14.8. The Morgan fingerprint density at radius 2 is 2.09 bits per heavy atom. The molecule has 0 bridgehead atoms. The second-order valence-corrected chi connectivity index (χ2v) is 6.13. The van der Waals surface area contributed by atoms with Gasteiger partial charge in [0.25, 0.3) is 0 Å². The largest absolute Gasteiger partial charge is 0.337 e. The molecule has 0 atom stereocenters. The Hall–Kier alpha value is -2.17. The number of carbonyl (C=O) groups excluding carboxylic acids is 1. The lowest BCUT2D eigenvalue weighted by molar-refractivity contribution is -0.133. The van der Waals surface area contributed by atoms with E-state index in [1.807, 2.05) is 23.1 Å². The molecule has 116 valence electrons. The smallest absolute Gasteiger partial charge is 0.224 e. The van der Waals surface area contributed by atoms with Crippen LogP contribution >= 0.6 is 0 Å². The zero-order valence-corrected chi connectivity index (χ0v) is 13.0. The summed E-state index contributed by atoms with van der Waals surface area (Å²) in [5.41, 5.74) is 0.699. The average molecular weight is 299 g/mol. The minimum Gasteiger partial charge on any atom is -0.337 e. The standard InChI is InChI=1S/C17H21N3O2/c1-12(2)20(13-7-8-13)17(22)9-10-19-15-6-4-3-5-14(15)16(21)11-18-19/h3-6,11-13H,7-10H2,1-2H3. The number of aromatic nitrogens is 2. The number of hydrogen-bond acceptors (Lipinski definition) is 3. The lowest BCUT2D eigenvalue weighted by Crippen LogP contribution is -2.39. The van der Waals surface area contributed by atoms with Gasteiger partial charge in [-0.3, -0.25) is 14.3 Å². The van der Waals surface area contributed by atoms with Crippen molar-refractivity contribution < 1.29 is 4.79 Å². The van der Waals surface area contributed by atoms with Gasteiger partial charge in [0.2, 0.25) is 11.3 Å². The summed E-state index contributed by atoms with van der Waals surface area (Å²) in [6, 6.07) is 8.04. The average Bonchev–Trinajstić information content (AvgIpc) is 3.31. The third kappa shape index (κ3) is 2.89. The van der Waals surface area contributed by atoms with Crippen molar-refractivity contribution in [3.05, 3.63) is 40.7 Å². The molecule has 2 aromatic rings. The van der Waals surface area contributed by atoms with Crippen LogP contribution in [0.3, 0.4) is 0 Å². The van der Waals surface area contributed by atoms with Crippen LogP contribution in [0.15, 0.2) is 35.3 Å². The lowest BCUT2D eigenvalue weighted by Gasteiger charge is -2.26. The number of aryl methyl sites for hydroxylation is 1. The Bertz CT molecular complexity index is 745. The maximum atomic E-state index is 12.5. The van der Waals surface area contributed by atoms with Gasteiger partial charge in [-0.1, -0.05) is 12.1 Å². The van der Waals surface area contributed by atoms with E-state index in [4.69, 9.17) is 0 Å². The molecule has 1 fully saturated rings. The third-order valence-corrected chi connectivity index (χ3v) is 4.08. The highest BCUT2D eigenvalue weighted by atomic mass is 16.2. The Balaban J connectivity index is 1.78. The fourth-order valence-electron chi connectivity index (χ4n) is 2.94. The van der Waals surface area contributed by atoms with Crippen molar-refractivity contribution in [3.63, 3.8) is 0 Å². The SMILES string of the molecule is CC(C)N(C(=O)CCn1ncc(=O)c2ccccc21)C1CC1. The monoisotopic (exact) mass is 299 g/mol. The maximum absolute atomic E-state index is 12.5. The first-order valence-corrected chi connectivity index (χ1v) is 7.84. The number of carbonyl (C=O) groups is 1. The summed E-state index contributed by atoms with van der Waals surface area (Å²) in [5, 5.41) is 4.82. The van der Waals surface area contributed by atoms with Crippen LogP contribution in [0.2, 0.25) is 0 Å². The Labute approximate surface area is 129 Å². The predicted molar refractivity (Wildman–Crippen MR) is 85.6 cm³/mol. The molecule has 1 aromatic carbocycles. The zero-order valence-electron chi connectivity index (χ0n) is 13.0. The number of benzene rings is 1. The van der Waals surface area contributed by atoms with E-state index in [2.05, 4.69) is 18.9 Å². The van der Waals surface area contributed by atoms with Gasteiger partial charge in [-0.2, -0.15) is 5.10 Å². The summed E-state index contributed by atoms with van der Waals surface area (Å²) >= 11 is 0. The molecule has 0 radical (unpaired) electrons. The molecule has 1 aliphatic rings. The highest BCUT2D eigenvalue weighted by molar-refractivity contribution is 5.79. The van der Waals surface area contributed by atoms with Crippen LogP contribution in [0, 0.1) is 0 Å². The fourth-order valence-corrected chi connectivity index (χ4v) is 2.94. The second-order valence-electron chi connectivity index (χ2n) is 6.13. The molecule has 1 aromatic heterocycles. The molecule has 3 rings (SSSR count). The summed E-state index contributed by atoms with van der Waals surface area (Å²) in [7, 11) is 0. The minimum atomic E-state index is -0.0834. The number of hydrogen-bond donors (Lipinski definition) is 0. The van der Waals surface area contributed by atoms with E-state index in [9.17, 15) is 9.59 Å². The molecule has 1 aliphatic carbocycles. The molecule has 0 spiro atoms. The summed E-state index contributed by atoms with van der Waals surface area (Å²) in [6.07, 6.45) is 3.97. The Kier molecular flexibility index (Phi) is 3.96. The van der Waals surface area contributed by atoms with Crippen LogP contribution < -0.4 is 5.43 Å². The number of rotatable bonds is 5. The van der Waals surface area contributed by atoms with Crippen LogP contribution in [0.1, 0.15) is 33.1 Å². The molecule has 1 amide bonds. The molecular formula is C17H21N3O2. The van der Waals surface area contributed by atoms with Gasteiger partial charge in [0.15, 0.2) is 0 Å². The highest BCUT2D eigenvalue weighted by Crippen LogP contribution is 2.29. The molecule has 1 heterocycles. The van der Waals surface area contributed by atoms with Gasteiger partial charge in [-0.25, -0.2) is 0 Å². The minimum absolute atomic E-state index is 0.0834. The molecule has 5 heteroatoms.